The molecule has 0 saturated carbocycles. The van der Waals surface area contributed by atoms with Crippen LogP contribution in [0.4, 0.5) is 0 Å². The zero-order chi connectivity index (χ0) is 19.0. The van der Waals surface area contributed by atoms with Crippen LogP contribution in [-0.2, 0) is 14.8 Å². The Labute approximate surface area is 150 Å². The summed E-state index contributed by atoms with van der Waals surface area (Å²) in [5, 5.41) is 0. The summed E-state index contributed by atoms with van der Waals surface area (Å²) in [4.78, 5) is 14.5. The molecule has 1 heterocycles. The summed E-state index contributed by atoms with van der Waals surface area (Å²) in [6.45, 7) is 10.7. The molecule has 0 atom stereocenters. The Hall–Kier alpha value is -1.60. The monoisotopic (exact) mass is 368 g/mol. The van der Waals surface area contributed by atoms with Crippen LogP contribution in [0.5, 0.6) is 5.75 Å². The first kappa shape index (κ1) is 19.7. The molecule has 0 spiro atoms. The van der Waals surface area contributed by atoms with Gasteiger partial charge in [-0.25, -0.2) is 8.42 Å². The summed E-state index contributed by atoms with van der Waals surface area (Å²) in [5.74, 6) is 0.705. The first-order valence-corrected chi connectivity index (χ1v) is 9.87. The fourth-order valence-electron chi connectivity index (χ4n) is 3.17. The van der Waals surface area contributed by atoms with Crippen molar-refractivity contribution in [3.63, 3.8) is 0 Å². The lowest BCUT2D eigenvalue weighted by molar-refractivity contribution is -0.140. The van der Waals surface area contributed by atoms with E-state index in [0.29, 0.717) is 48.0 Å². The van der Waals surface area contributed by atoms with Gasteiger partial charge in [0, 0.05) is 31.6 Å². The number of piperazine rings is 1. The van der Waals surface area contributed by atoms with E-state index in [1.807, 2.05) is 20.8 Å². The molecule has 1 aliphatic rings. The molecule has 6 nitrogen and oxygen atoms in total. The lowest BCUT2D eigenvalue weighted by Gasteiger charge is -2.37. The molecule has 1 aromatic rings. The van der Waals surface area contributed by atoms with E-state index in [2.05, 4.69) is 0 Å². The fourth-order valence-corrected chi connectivity index (χ4v) is 5.00. The van der Waals surface area contributed by atoms with E-state index in [1.54, 1.807) is 38.0 Å². The second-order valence-corrected chi connectivity index (χ2v) is 9.41. The summed E-state index contributed by atoms with van der Waals surface area (Å²) >= 11 is 0. The van der Waals surface area contributed by atoms with Crippen LogP contribution in [0.2, 0.25) is 0 Å². The second kappa shape index (κ2) is 6.96. The first-order chi connectivity index (χ1) is 11.5. The molecular weight excluding hydrogens is 340 g/mol. The normalized spacial score (nSPS) is 16.8. The van der Waals surface area contributed by atoms with Crippen molar-refractivity contribution >= 4 is 15.9 Å². The van der Waals surface area contributed by atoms with E-state index in [9.17, 15) is 13.2 Å². The maximum Gasteiger partial charge on any atom is 0.243 e. The average Bonchev–Trinajstić information content (AvgIpc) is 2.52. The number of aryl methyl sites for hydroxylation is 2. The number of hydrogen-bond donors (Lipinski definition) is 0. The molecule has 140 valence electrons. The van der Waals surface area contributed by atoms with Crippen molar-refractivity contribution in [2.75, 3.05) is 33.3 Å². The van der Waals surface area contributed by atoms with E-state index < -0.39 is 15.4 Å². The number of carbonyl (C=O) groups is 1. The number of nitrogens with zero attached hydrogens (tertiary/aromatic N) is 2. The van der Waals surface area contributed by atoms with Gasteiger partial charge in [-0.1, -0.05) is 20.8 Å². The fraction of sp³-hybridized carbons (Fsp3) is 0.611. The van der Waals surface area contributed by atoms with Crippen LogP contribution in [0.25, 0.3) is 0 Å². The first-order valence-electron chi connectivity index (χ1n) is 8.43. The van der Waals surface area contributed by atoms with Gasteiger partial charge in [-0.2, -0.15) is 4.31 Å². The highest BCUT2D eigenvalue weighted by molar-refractivity contribution is 7.89. The highest BCUT2D eigenvalue weighted by atomic mass is 32.2. The van der Waals surface area contributed by atoms with E-state index in [1.165, 1.54) is 4.31 Å². The van der Waals surface area contributed by atoms with Crippen molar-refractivity contribution in [1.29, 1.82) is 0 Å². The Morgan fingerprint density at radius 1 is 1.04 bits per heavy atom. The van der Waals surface area contributed by atoms with Crippen molar-refractivity contribution in [1.82, 2.24) is 9.21 Å². The number of hydrogen-bond acceptors (Lipinski definition) is 4. The number of rotatable bonds is 3. The van der Waals surface area contributed by atoms with Crippen LogP contribution in [0.1, 0.15) is 31.9 Å². The van der Waals surface area contributed by atoms with Crippen LogP contribution in [0, 0.1) is 19.3 Å². The Morgan fingerprint density at radius 3 is 1.92 bits per heavy atom. The van der Waals surface area contributed by atoms with E-state index >= 15 is 0 Å². The minimum Gasteiger partial charge on any atom is -0.497 e. The minimum atomic E-state index is -3.59. The standard InChI is InChI=1S/C18H28N2O4S/c1-13-11-15(24-6)12-14(2)16(13)25(22,23)20-9-7-19(8-10-20)17(21)18(3,4)5/h11-12H,7-10H2,1-6H3. The highest BCUT2D eigenvalue weighted by Gasteiger charge is 2.35. The van der Waals surface area contributed by atoms with Gasteiger partial charge >= 0.3 is 0 Å². The van der Waals surface area contributed by atoms with E-state index in [4.69, 9.17) is 4.74 Å². The summed E-state index contributed by atoms with van der Waals surface area (Å²) < 4.78 is 32.8. The molecule has 7 heteroatoms. The molecule has 1 fully saturated rings. The lowest BCUT2D eigenvalue weighted by atomic mass is 9.94. The number of carbonyl (C=O) groups excluding carboxylic acids is 1. The number of ether oxygens (including phenoxy) is 1. The van der Waals surface area contributed by atoms with E-state index in [-0.39, 0.29) is 5.91 Å². The molecule has 1 aromatic carbocycles. The minimum absolute atomic E-state index is 0.0568. The molecule has 0 bridgehead atoms. The maximum absolute atomic E-state index is 13.1. The lowest BCUT2D eigenvalue weighted by Crippen LogP contribution is -2.53. The van der Waals surface area contributed by atoms with Crippen LogP contribution in [-0.4, -0.2) is 56.8 Å². The number of methoxy groups -OCH3 is 1. The molecule has 25 heavy (non-hydrogen) atoms. The molecule has 0 aromatic heterocycles. The topological polar surface area (TPSA) is 66.9 Å². The van der Waals surface area contributed by atoms with Gasteiger partial charge in [0.2, 0.25) is 15.9 Å². The number of amides is 1. The molecular formula is C18H28N2O4S. The summed E-state index contributed by atoms with van der Waals surface area (Å²) in [7, 11) is -2.03. The zero-order valence-electron chi connectivity index (χ0n) is 15.9. The number of sulfonamides is 1. The van der Waals surface area contributed by atoms with Gasteiger partial charge in [0.25, 0.3) is 0 Å². The predicted octanol–water partition coefficient (Wildman–Crippen LogP) is 2.19. The quantitative estimate of drug-likeness (QED) is 0.820. The van der Waals surface area contributed by atoms with Gasteiger partial charge in [0.1, 0.15) is 5.75 Å². The average molecular weight is 368 g/mol. The van der Waals surface area contributed by atoms with Crippen molar-refractivity contribution in [2.24, 2.45) is 5.41 Å². The Morgan fingerprint density at radius 2 is 1.52 bits per heavy atom. The highest BCUT2D eigenvalue weighted by Crippen LogP contribution is 2.29. The van der Waals surface area contributed by atoms with Gasteiger partial charge in [-0.15, -0.1) is 0 Å². The van der Waals surface area contributed by atoms with Crippen molar-refractivity contribution < 1.29 is 17.9 Å². The predicted molar refractivity (Wildman–Crippen MR) is 97.3 cm³/mol. The molecule has 0 unspecified atom stereocenters. The molecule has 1 amide bonds. The van der Waals surface area contributed by atoms with Crippen molar-refractivity contribution in [3.05, 3.63) is 23.3 Å². The van der Waals surface area contributed by atoms with Crippen LogP contribution >= 0.6 is 0 Å². The molecule has 0 aliphatic carbocycles. The molecule has 1 saturated heterocycles. The van der Waals surface area contributed by atoms with Gasteiger partial charge in [0.05, 0.1) is 12.0 Å². The Bertz CT molecular complexity index is 735. The maximum atomic E-state index is 13.1. The summed E-state index contributed by atoms with van der Waals surface area (Å²) in [6, 6.07) is 3.47. The molecule has 0 N–H and O–H groups in total. The largest absolute Gasteiger partial charge is 0.497 e. The molecule has 0 radical (unpaired) electrons. The Kier molecular flexibility index (Phi) is 5.49. The summed E-state index contributed by atoms with van der Waals surface area (Å²) in [5.41, 5.74) is 0.889. The number of benzene rings is 1. The van der Waals surface area contributed by atoms with Crippen LogP contribution in [0.3, 0.4) is 0 Å². The van der Waals surface area contributed by atoms with Gasteiger partial charge in [0.15, 0.2) is 0 Å². The zero-order valence-corrected chi connectivity index (χ0v) is 16.7. The van der Waals surface area contributed by atoms with Crippen LogP contribution < -0.4 is 4.74 Å². The van der Waals surface area contributed by atoms with Crippen LogP contribution in [0.15, 0.2) is 17.0 Å². The molecule has 1 aliphatic heterocycles. The van der Waals surface area contributed by atoms with Gasteiger partial charge in [-0.05, 0) is 37.1 Å². The second-order valence-electron chi connectivity index (χ2n) is 7.54. The van der Waals surface area contributed by atoms with Gasteiger partial charge < -0.3 is 9.64 Å². The summed E-state index contributed by atoms with van der Waals surface area (Å²) in [6.07, 6.45) is 0. The van der Waals surface area contributed by atoms with Crippen molar-refractivity contribution in [2.45, 2.75) is 39.5 Å². The third-order valence-corrected chi connectivity index (χ3v) is 6.64. The van der Waals surface area contributed by atoms with E-state index in [0.717, 1.165) is 0 Å². The van der Waals surface area contributed by atoms with Gasteiger partial charge in [-0.3, -0.25) is 4.79 Å². The third kappa shape index (κ3) is 3.98. The Balaban J connectivity index is 2.22. The van der Waals surface area contributed by atoms with Crippen molar-refractivity contribution in [3.8, 4) is 5.75 Å². The third-order valence-electron chi connectivity index (χ3n) is 4.43. The SMILES string of the molecule is COc1cc(C)c(S(=O)(=O)N2CCN(C(=O)C(C)(C)C)CC2)c(C)c1. The smallest absolute Gasteiger partial charge is 0.243 e. The molecule has 2 rings (SSSR count).